The molecule has 1 rings (SSSR count). The highest BCUT2D eigenvalue weighted by molar-refractivity contribution is 6.45. The van der Waals surface area contributed by atoms with Gasteiger partial charge in [-0.25, -0.2) is 0 Å². The van der Waals surface area contributed by atoms with Crippen LogP contribution in [0.1, 0.15) is 10.4 Å². The van der Waals surface area contributed by atoms with Gasteiger partial charge in [-0.3, -0.25) is 9.59 Å². The van der Waals surface area contributed by atoms with E-state index in [9.17, 15) is 9.59 Å². The van der Waals surface area contributed by atoms with Gasteiger partial charge in [-0.05, 0) is 12.1 Å². The number of carbonyl (C=O) groups excluding carboxylic acids is 2. The van der Waals surface area contributed by atoms with Crippen LogP contribution < -0.4 is 4.74 Å². The number of Topliss-reactive ketones (excluding diaryl/α,β-unsaturated/α-hetero) is 1. The van der Waals surface area contributed by atoms with Crippen LogP contribution in [0.15, 0.2) is 35.9 Å². The van der Waals surface area contributed by atoms with Gasteiger partial charge in [0, 0.05) is 0 Å². The molecule has 0 N–H and O–H groups in total. The van der Waals surface area contributed by atoms with Crippen LogP contribution in [0.2, 0.25) is 0 Å². The SMILES string of the molecule is C=C(Cl)C(=O)c1ccccc1OC(=O)CCl. The van der Waals surface area contributed by atoms with Crippen LogP contribution in [-0.4, -0.2) is 17.6 Å². The lowest BCUT2D eigenvalue weighted by Crippen LogP contribution is -2.12. The molecule has 0 radical (unpaired) electrons. The Morgan fingerprint density at radius 2 is 1.94 bits per heavy atom. The van der Waals surface area contributed by atoms with Gasteiger partial charge in [0.2, 0.25) is 5.78 Å². The molecule has 3 nitrogen and oxygen atoms in total. The molecule has 0 aromatic heterocycles. The van der Waals surface area contributed by atoms with E-state index in [1.54, 1.807) is 12.1 Å². The van der Waals surface area contributed by atoms with Crippen molar-refractivity contribution in [2.75, 3.05) is 5.88 Å². The van der Waals surface area contributed by atoms with Crippen molar-refractivity contribution >= 4 is 35.0 Å². The number of rotatable bonds is 4. The molecular formula is C11H8Cl2O3. The van der Waals surface area contributed by atoms with E-state index < -0.39 is 11.8 Å². The monoisotopic (exact) mass is 258 g/mol. The highest BCUT2D eigenvalue weighted by Crippen LogP contribution is 2.22. The molecule has 84 valence electrons. The number of alkyl halides is 1. The summed E-state index contributed by atoms with van der Waals surface area (Å²) in [5, 5.41) is -0.144. The quantitative estimate of drug-likeness (QED) is 0.274. The van der Waals surface area contributed by atoms with Crippen molar-refractivity contribution < 1.29 is 14.3 Å². The van der Waals surface area contributed by atoms with Crippen LogP contribution in [0.4, 0.5) is 0 Å². The first kappa shape index (κ1) is 12.7. The van der Waals surface area contributed by atoms with Crippen LogP contribution >= 0.6 is 23.2 Å². The van der Waals surface area contributed by atoms with E-state index in [4.69, 9.17) is 27.9 Å². The second kappa shape index (κ2) is 5.68. The molecule has 1 aromatic carbocycles. The Morgan fingerprint density at radius 1 is 1.31 bits per heavy atom. The largest absolute Gasteiger partial charge is 0.425 e. The summed E-state index contributed by atoms with van der Waals surface area (Å²) in [5.74, 6) is -1.29. The summed E-state index contributed by atoms with van der Waals surface area (Å²) in [7, 11) is 0. The lowest BCUT2D eigenvalue weighted by Gasteiger charge is -2.07. The van der Waals surface area contributed by atoms with Gasteiger partial charge in [0.15, 0.2) is 0 Å². The first-order valence-corrected chi connectivity index (χ1v) is 5.22. The number of ether oxygens (including phenoxy) is 1. The number of carbonyl (C=O) groups is 2. The number of ketones is 1. The maximum atomic E-state index is 11.6. The van der Waals surface area contributed by atoms with Gasteiger partial charge in [0.25, 0.3) is 0 Å². The van der Waals surface area contributed by atoms with E-state index in [-0.39, 0.29) is 22.2 Å². The van der Waals surface area contributed by atoms with E-state index in [1.165, 1.54) is 12.1 Å². The maximum absolute atomic E-state index is 11.6. The zero-order valence-electron chi connectivity index (χ0n) is 8.20. The highest BCUT2D eigenvalue weighted by Gasteiger charge is 2.15. The molecule has 0 aliphatic rings. The smallest absolute Gasteiger partial charge is 0.326 e. The number of hydrogen-bond donors (Lipinski definition) is 0. The molecule has 0 amide bonds. The average Bonchev–Trinajstić information content (AvgIpc) is 2.28. The summed E-state index contributed by atoms with van der Waals surface area (Å²) in [5.41, 5.74) is 0.181. The van der Waals surface area contributed by atoms with E-state index in [0.29, 0.717) is 0 Å². The van der Waals surface area contributed by atoms with E-state index in [2.05, 4.69) is 6.58 Å². The second-order valence-electron chi connectivity index (χ2n) is 2.84. The topological polar surface area (TPSA) is 43.4 Å². The number of hydrogen-bond acceptors (Lipinski definition) is 3. The Labute approximate surface area is 103 Å². The third kappa shape index (κ3) is 3.08. The van der Waals surface area contributed by atoms with Crippen molar-refractivity contribution in [2.24, 2.45) is 0 Å². The molecule has 1 aromatic rings. The van der Waals surface area contributed by atoms with Crippen LogP contribution in [0, 0.1) is 0 Å². The summed E-state index contributed by atoms with van der Waals surface area (Å²) in [6, 6.07) is 6.24. The van der Waals surface area contributed by atoms with Crippen molar-refractivity contribution in [1.82, 2.24) is 0 Å². The highest BCUT2D eigenvalue weighted by atomic mass is 35.5. The predicted molar refractivity (Wildman–Crippen MR) is 62.1 cm³/mol. The Morgan fingerprint density at radius 3 is 2.50 bits per heavy atom. The Hall–Kier alpha value is -1.32. The zero-order chi connectivity index (χ0) is 12.1. The van der Waals surface area contributed by atoms with Crippen molar-refractivity contribution in [2.45, 2.75) is 0 Å². The third-order valence-electron chi connectivity index (χ3n) is 1.71. The molecule has 0 saturated heterocycles. The van der Waals surface area contributed by atoms with Crippen molar-refractivity contribution in [3.8, 4) is 5.75 Å². The fourth-order valence-corrected chi connectivity index (χ4v) is 1.20. The minimum absolute atomic E-state index is 0.125. The maximum Gasteiger partial charge on any atom is 0.326 e. The fraction of sp³-hybridized carbons (Fsp3) is 0.0909. The molecule has 0 bridgehead atoms. The number of halogens is 2. The standard InChI is InChI=1S/C11H8Cl2O3/c1-7(13)11(15)8-4-2-3-5-9(8)16-10(14)6-12/h2-5H,1,6H2. The number of esters is 1. The molecule has 0 unspecified atom stereocenters. The Bertz CT molecular complexity index is 441. The molecule has 0 aliphatic carbocycles. The van der Waals surface area contributed by atoms with Crippen molar-refractivity contribution in [3.63, 3.8) is 0 Å². The molecule has 0 heterocycles. The van der Waals surface area contributed by atoms with Gasteiger partial charge in [0.05, 0.1) is 10.6 Å². The summed E-state index contributed by atoms with van der Waals surface area (Å²) in [6.07, 6.45) is 0. The van der Waals surface area contributed by atoms with Gasteiger partial charge < -0.3 is 4.74 Å². The van der Waals surface area contributed by atoms with Gasteiger partial charge >= 0.3 is 5.97 Å². The van der Waals surface area contributed by atoms with Gasteiger partial charge in [-0.2, -0.15) is 0 Å². The van der Waals surface area contributed by atoms with Crippen LogP contribution in [0.5, 0.6) is 5.75 Å². The molecule has 16 heavy (non-hydrogen) atoms. The first-order valence-electron chi connectivity index (χ1n) is 4.31. The predicted octanol–water partition coefficient (Wildman–Crippen LogP) is 2.77. The number of allylic oxidation sites excluding steroid dienone is 1. The van der Waals surface area contributed by atoms with Crippen LogP contribution in [0.25, 0.3) is 0 Å². The lowest BCUT2D eigenvalue weighted by molar-refractivity contribution is -0.131. The summed E-state index contributed by atoms with van der Waals surface area (Å²) in [4.78, 5) is 22.6. The Balaban J connectivity index is 3.05. The summed E-state index contributed by atoms with van der Waals surface area (Å²) >= 11 is 10.8. The summed E-state index contributed by atoms with van der Waals surface area (Å²) in [6.45, 7) is 3.32. The van der Waals surface area contributed by atoms with Gasteiger partial charge in [0.1, 0.15) is 11.6 Å². The van der Waals surface area contributed by atoms with E-state index in [0.717, 1.165) is 0 Å². The van der Waals surface area contributed by atoms with Crippen molar-refractivity contribution in [3.05, 3.63) is 41.4 Å². The molecule has 5 heteroatoms. The molecule has 0 fully saturated rings. The van der Waals surface area contributed by atoms with Crippen molar-refractivity contribution in [1.29, 1.82) is 0 Å². The van der Waals surface area contributed by atoms with Crippen LogP contribution in [0.3, 0.4) is 0 Å². The second-order valence-corrected chi connectivity index (χ2v) is 3.56. The summed E-state index contributed by atoms with van der Waals surface area (Å²) < 4.78 is 4.87. The zero-order valence-corrected chi connectivity index (χ0v) is 9.72. The molecular weight excluding hydrogens is 251 g/mol. The van der Waals surface area contributed by atoms with Gasteiger partial charge in [-0.1, -0.05) is 30.3 Å². The normalized spacial score (nSPS) is 9.62. The molecule has 0 atom stereocenters. The fourth-order valence-electron chi connectivity index (χ4n) is 1.04. The average molecular weight is 259 g/mol. The van der Waals surface area contributed by atoms with Crippen LogP contribution in [-0.2, 0) is 4.79 Å². The molecule has 0 spiro atoms. The van der Waals surface area contributed by atoms with Gasteiger partial charge in [-0.15, -0.1) is 11.6 Å². The minimum Gasteiger partial charge on any atom is -0.425 e. The van der Waals surface area contributed by atoms with E-state index in [1.807, 2.05) is 0 Å². The Kier molecular flexibility index (Phi) is 4.52. The first-order chi connectivity index (χ1) is 7.56. The lowest BCUT2D eigenvalue weighted by atomic mass is 10.1. The number of para-hydroxylation sites is 1. The number of benzene rings is 1. The third-order valence-corrected chi connectivity index (χ3v) is 2.10. The van der Waals surface area contributed by atoms with E-state index >= 15 is 0 Å². The molecule has 0 aliphatic heterocycles. The minimum atomic E-state index is -0.637. The molecule has 0 saturated carbocycles.